The summed E-state index contributed by atoms with van der Waals surface area (Å²) < 4.78 is 22.1. The van der Waals surface area contributed by atoms with Gasteiger partial charge in [0.2, 0.25) is 10.0 Å². The normalized spacial score (nSPS) is 11.6. The van der Waals surface area contributed by atoms with Crippen molar-refractivity contribution >= 4 is 21.9 Å². The van der Waals surface area contributed by atoms with Crippen LogP contribution in [-0.2, 0) is 10.0 Å². The van der Waals surface area contributed by atoms with Crippen LogP contribution in [0.2, 0.25) is 0 Å². The van der Waals surface area contributed by atoms with Gasteiger partial charge in [0.25, 0.3) is 0 Å². The van der Waals surface area contributed by atoms with Gasteiger partial charge in [0.05, 0.1) is 16.8 Å². The van der Waals surface area contributed by atoms with E-state index in [-0.39, 0.29) is 4.90 Å². The molecule has 0 saturated carbocycles. The van der Waals surface area contributed by atoms with Gasteiger partial charge in [0, 0.05) is 0 Å². The summed E-state index contributed by atoms with van der Waals surface area (Å²) in [4.78, 5) is 0.0742. The van der Waals surface area contributed by atoms with E-state index in [1.165, 1.54) is 12.1 Å². The molecule has 0 aliphatic rings. The van der Waals surface area contributed by atoms with Crippen molar-refractivity contribution in [3.05, 3.63) is 60.2 Å². The molecular weight excluding hydrogens is 262 g/mol. The zero-order valence-electron chi connectivity index (χ0n) is 10.0. The lowest BCUT2D eigenvalue weighted by molar-refractivity contribution is 0.598. The van der Waals surface area contributed by atoms with Crippen LogP contribution in [0, 0.1) is 0 Å². The van der Waals surface area contributed by atoms with Gasteiger partial charge in [-0.15, -0.1) is 0 Å². The van der Waals surface area contributed by atoms with E-state index in [1.807, 2.05) is 30.3 Å². The van der Waals surface area contributed by atoms with Crippen LogP contribution in [0.5, 0.6) is 0 Å². The summed E-state index contributed by atoms with van der Waals surface area (Å²) >= 11 is 0. The van der Waals surface area contributed by atoms with Crippen LogP contribution in [0.15, 0.2) is 64.6 Å². The third-order valence-corrected chi connectivity index (χ3v) is 3.32. The minimum absolute atomic E-state index is 0.0742. The summed E-state index contributed by atoms with van der Waals surface area (Å²) in [5.74, 6) is 0. The van der Waals surface area contributed by atoms with Gasteiger partial charge in [-0.05, 0) is 29.8 Å². The van der Waals surface area contributed by atoms with E-state index in [1.54, 1.807) is 18.3 Å². The van der Waals surface area contributed by atoms with E-state index >= 15 is 0 Å². The van der Waals surface area contributed by atoms with E-state index in [9.17, 15) is 8.42 Å². The average Bonchev–Trinajstić information content (AvgIpc) is 2.39. The lowest BCUT2D eigenvalue weighted by atomic mass is 10.2. The maximum atomic E-state index is 11.1. The van der Waals surface area contributed by atoms with Crippen LogP contribution >= 0.6 is 0 Å². The van der Waals surface area contributed by atoms with E-state index in [0.29, 0.717) is 5.69 Å². The molecule has 0 aliphatic carbocycles. The minimum atomic E-state index is -3.65. The zero-order chi connectivity index (χ0) is 13.7. The van der Waals surface area contributed by atoms with Crippen LogP contribution in [-0.4, -0.2) is 14.6 Å². The van der Waals surface area contributed by atoms with Crippen LogP contribution in [0.1, 0.15) is 5.56 Å². The monoisotopic (exact) mass is 275 g/mol. The van der Waals surface area contributed by atoms with Gasteiger partial charge < -0.3 is 0 Å². The van der Waals surface area contributed by atoms with Gasteiger partial charge in [-0.25, -0.2) is 13.6 Å². The lowest BCUT2D eigenvalue weighted by Crippen LogP contribution is -2.11. The number of nitrogens with two attached hydrogens (primary N) is 1. The standard InChI is InChI=1S/C13H13N3O2S/c14-19(17,18)13-8-6-12(7-9-13)16-15-10-11-4-2-1-3-5-11/h1-10,16H,(H2,14,17,18). The fourth-order valence-corrected chi connectivity index (χ4v) is 1.96. The first kappa shape index (κ1) is 13.3. The highest BCUT2D eigenvalue weighted by Crippen LogP contribution is 2.12. The Bertz CT molecular complexity index is 665. The molecular formula is C13H13N3O2S. The Balaban J connectivity index is 2.03. The fraction of sp³-hybridized carbons (Fsp3) is 0. The molecule has 0 radical (unpaired) electrons. The third kappa shape index (κ3) is 3.90. The molecule has 0 spiro atoms. The SMILES string of the molecule is NS(=O)(=O)c1ccc(NN=Cc2ccccc2)cc1. The lowest BCUT2D eigenvalue weighted by Gasteiger charge is -2.01. The molecule has 0 heterocycles. The number of hydrogen-bond donors (Lipinski definition) is 2. The van der Waals surface area contributed by atoms with E-state index < -0.39 is 10.0 Å². The van der Waals surface area contributed by atoms with Gasteiger partial charge in [-0.2, -0.15) is 5.10 Å². The first-order valence-electron chi connectivity index (χ1n) is 5.53. The maximum Gasteiger partial charge on any atom is 0.238 e. The van der Waals surface area contributed by atoms with Gasteiger partial charge in [-0.3, -0.25) is 5.43 Å². The second kappa shape index (κ2) is 5.64. The molecule has 6 heteroatoms. The number of hydrazone groups is 1. The van der Waals surface area contributed by atoms with E-state index in [4.69, 9.17) is 5.14 Å². The molecule has 0 amide bonds. The van der Waals surface area contributed by atoms with Crippen molar-refractivity contribution < 1.29 is 8.42 Å². The van der Waals surface area contributed by atoms with Gasteiger partial charge in [0.1, 0.15) is 0 Å². The first-order chi connectivity index (χ1) is 9.05. The number of sulfonamides is 1. The first-order valence-corrected chi connectivity index (χ1v) is 7.07. The molecule has 2 rings (SSSR count). The smallest absolute Gasteiger partial charge is 0.238 e. The molecule has 0 atom stereocenters. The molecule has 3 N–H and O–H groups in total. The van der Waals surface area contributed by atoms with Gasteiger partial charge >= 0.3 is 0 Å². The topological polar surface area (TPSA) is 84.5 Å². The summed E-state index contributed by atoms with van der Waals surface area (Å²) in [7, 11) is -3.65. The van der Waals surface area contributed by atoms with Crippen molar-refractivity contribution in [3.8, 4) is 0 Å². The Hall–Kier alpha value is -2.18. The highest BCUT2D eigenvalue weighted by Gasteiger charge is 2.05. The molecule has 2 aromatic rings. The molecule has 0 fully saturated rings. The number of hydrogen-bond acceptors (Lipinski definition) is 4. The Morgan fingerprint density at radius 2 is 1.63 bits per heavy atom. The van der Waals surface area contributed by atoms with Crippen LogP contribution < -0.4 is 10.6 Å². The van der Waals surface area contributed by atoms with Crippen LogP contribution in [0.4, 0.5) is 5.69 Å². The highest BCUT2D eigenvalue weighted by molar-refractivity contribution is 7.89. The molecule has 0 bridgehead atoms. The van der Waals surface area contributed by atoms with Crippen LogP contribution in [0.25, 0.3) is 0 Å². The molecule has 98 valence electrons. The summed E-state index contributed by atoms with van der Waals surface area (Å²) in [5.41, 5.74) is 4.45. The number of nitrogens with one attached hydrogen (secondary N) is 1. The Kier molecular flexibility index (Phi) is 3.94. The number of rotatable bonds is 4. The zero-order valence-corrected chi connectivity index (χ0v) is 10.8. The number of benzene rings is 2. The highest BCUT2D eigenvalue weighted by atomic mass is 32.2. The fourth-order valence-electron chi connectivity index (χ4n) is 1.44. The second-order valence-corrected chi connectivity index (χ2v) is 5.41. The van der Waals surface area contributed by atoms with Crippen molar-refractivity contribution in [1.29, 1.82) is 0 Å². The van der Waals surface area contributed by atoms with Gasteiger partial charge in [-0.1, -0.05) is 30.3 Å². The average molecular weight is 275 g/mol. The molecule has 2 aromatic carbocycles. The molecule has 0 aromatic heterocycles. The molecule has 0 aliphatic heterocycles. The van der Waals surface area contributed by atoms with Crippen molar-refractivity contribution in [1.82, 2.24) is 0 Å². The number of anilines is 1. The summed E-state index contributed by atoms with van der Waals surface area (Å²) in [6, 6.07) is 15.7. The Labute approximate surface area is 111 Å². The summed E-state index contributed by atoms with van der Waals surface area (Å²) in [5, 5.41) is 9.05. The predicted molar refractivity (Wildman–Crippen MR) is 75.5 cm³/mol. The number of nitrogens with zero attached hydrogens (tertiary/aromatic N) is 1. The van der Waals surface area contributed by atoms with Crippen molar-refractivity contribution in [2.24, 2.45) is 10.2 Å². The van der Waals surface area contributed by atoms with Crippen LogP contribution in [0.3, 0.4) is 0 Å². The van der Waals surface area contributed by atoms with Gasteiger partial charge in [0.15, 0.2) is 0 Å². The summed E-state index contributed by atoms with van der Waals surface area (Å²) in [6.45, 7) is 0. The minimum Gasteiger partial charge on any atom is -0.279 e. The second-order valence-electron chi connectivity index (χ2n) is 3.85. The quantitative estimate of drug-likeness (QED) is 0.659. The number of primary sulfonamides is 1. The Morgan fingerprint density at radius 3 is 2.21 bits per heavy atom. The molecule has 5 nitrogen and oxygen atoms in total. The molecule has 0 saturated heterocycles. The summed E-state index contributed by atoms with van der Waals surface area (Å²) in [6.07, 6.45) is 1.67. The van der Waals surface area contributed by atoms with E-state index in [0.717, 1.165) is 5.56 Å². The predicted octanol–water partition coefficient (Wildman–Crippen LogP) is 1.78. The molecule has 0 unspecified atom stereocenters. The largest absolute Gasteiger partial charge is 0.279 e. The van der Waals surface area contributed by atoms with Crippen molar-refractivity contribution in [2.75, 3.05) is 5.43 Å². The maximum absolute atomic E-state index is 11.1. The van der Waals surface area contributed by atoms with Crippen molar-refractivity contribution in [3.63, 3.8) is 0 Å². The third-order valence-electron chi connectivity index (χ3n) is 2.39. The van der Waals surface area contributed by atoms with Crippen molar-refractivity contribution in [2.45, 2.75) is 4.90 Å². The molecule has 19 heavy (non-hydrogen) atoms. The van der Waals surface area contributed by atoms with E-state index in [2.05, 4.69) is 10.5 Å². The Morgan fingerprint density at radius 1 is 1.00 bits per heavy atom.